The third-order valence-corrected chi connectivity index (χ3v) is 14.8. The minimum Gasteiger partial charge on any atom is -1.00 e. The average Bonchev–Trinajstić information content (AvgIpc) is 0.787. The number of pyridine rings is 4. The van der Waals surface area contributed by atoms with Gasteiger partial charge in [0.2, 0.25) is 0 Å². The number of ether oxygens (including phenoxy) is 10. The third kappa shape index (κ3) is 32.0. The molecule has 14 nitrogen and oxygen atoms in total. The van der Waals surface area contributed by atoms with E-state index in [1.807, 2.05) is 72.8 Å². The number of benzene rings is 6. The smallest absolute Gasteiger partial charge is 0.173 e. The molecular formula is C72H76Br2F12N4O10P2. The van der Waals surface area contributed by atoms with Crippen LogP contribution in [0.25, 0.3) is 43.8 Å². The first-order valence-corrected chi connectivity index (χ1v) is 35.9. The van der Waals surface area contributed by atoms with Gasteiger partial charge in [0, 0.05) is 86.9 Å². The van der Waals surface area contributed by atoms with Crippen LogP contribution >= 0.6 is 15.6 Å². The van der Waals surface area contributed by atoms with Crippen molar-refractivity contribution in [2.45, 2.75) is 26.2 Å². The monoisotopic (exact) mass is 1600 g/mol. The predicted octanol–water partition coefficient (Wildman–Crippen LogP) is 10.8. The number of nitrogens with zero attached hydrogens (tertiary/aromatic N) is 4. The van der Waals surface area contributed by atoms with Crippen LogP contribution in [0, 0.1) is 0 Å². The van der Waals surface area contributed by atoms with E-state index in [2.05, 4.69) is 165 Å². The second-order valence-electron chi connectivity index (χ2n) is 22.9. The summed E-state index contributed by atoms with van der Waals surface area (Å²) in [6, 6.07) is 59.3. The Labute approximate surface area is 602 Å². The van der Waals surface area contributed by atoms with Crippen molar-refractivity contribution in [2.75, 3.05) is 106 Å². The summed E-state index contributed by atoms with van der Waals surface area (Å²) in [6.07, 6.45) is 17.4. The molecule has 0 spiro atoms. The van der Waals surface area contributed by atoms with Crippen molar-refractivity contribution in [3.63, 3.8) is 0 Å². The van der Waals surface area contributed by atoms with Crippen LogP contribution in [0.3, 0.4) is 0 Å². The molecule has 30 heteroatoms. The molecule has 18 aliphatic heterocycles. The van der Waals surface area contributed by atoms with Crippen LogP contribution in [0.15, 0.2) is 219 Å². The van der Waals surface area contributed by atoms with Gasteiger partial charge in [0.25, 0.3) is 0 Å². The summed E-state index contributed by atoms with van der Waals surface area (Å²) in [6.45, 7) is 10.9. The molecule has 0 unspecified atom stereocenters. The zero-order valence-corrected chi connectivity index (χ0v) is 59.9. The number of hydrogen-bond donors (Lipinski definition) is 0. The molecule has 20 bridgehead atoms. The molecule has 0 saturated heterocycles. The summed E-state index contributed by atoms with van der Waals surface area (Å²) in [5.41, 5.74) is 10.1. The first-order valence-electron chi connectivity index (χ1n) is 31.8. The minimum absolute atomic E-state index is 0. The standard InChI is InChI=1S/C36H32N4.C36H44O10.2BrH.2F6P/c1-2-30-4-3-29(1)25-37-17-9-33(10-18-37)35-13-21-39(22-14-35)27-31-5-7-32(8-6-31)28-40-23-15-36(16-24-40)34-11-19-38(26-30)20-12-34;1-4-29-28-30-10-11-31(29)34(7-1)44-25-21-40-17-13-38-15-19-42-23-27-46-36-9-3-5-32-33(36)6-2-8-35(32)45-26-22-41-18-14-37-12-16-39-20-24-43-30;;;2*1-7(2,3,4,5)6/h1-24H,25-28H2;1-11,28H,12-27H2;2*1H;;/q+4;;;;2*-1/p-2. The van der Waals surface area contributed by atoms with Crippen molar-refractivity contribution >= 4 is 37.2 Å². The fourth-order valence-electron chi connectivity index (χ4n) is 10.2. The van der Waals surface area contributed by atoms with Crippen LogP contribution in [0.4, 0.5) is 50.4 Å². The summed E-state index contributed by atoms with van der Waals surface area (Å²) < 4.78 is 185. The first kappa shape index (κ1) is 81.7. The Kier molecular flexibility index (Phi) is 29.0. The Balaban J connectivity index is 0.000000238. The number of hydrogen-bond acceptors (Lipinski definition) is 10. The molecule has 0 saturated carbocycles. The van der Waals surface area contributed by atoms with Gasteiger partial charge < -0.3 is 81.3 Å². The van der Waals surface area contributed by atoms with E-state index in [0.717, 1.165) is 70.7 Å². The number of aromatic nitrogens is 4. The molecule has 6 aromatic carbocycles. The molecular weight excluding hydrogens is 1530 g/mol. The van der Waals surface area contributed by atoms with Crippen molar-refractivity contribution in [3.05, 3.63) is 242 Å². The summed E-state index contributed by atoms with van der Waals surface area (Å²) in [5.74, 6) is 3.17. The second-order valence-corrected chi connectivity index (χ2v) is 26.7. The van der Waals surface area contributed by atoms with Crippen LogP contribution < -0.4 is 71.2 Å². The molecule has 0 amide bonds. The van der Waals surface area contributed by atoms with Crippen LogP contribution in [-0.4, -0.2) is 106 Å². The molecule has 10 aromatic rings. The molecule has 18 aliphatic rings. The molecule has 4 aromatic heterocycles. The van der Waals surface area contributed by atoms with Gasteiger partial charge in [-0.3, -0.25) is 0 Å². The fourth-order valence-corrected chi connectivity index (χ4v) is 10.2. The molecule has 0 N–H and O–H groups in total. The topological polar surface area (TPSA) is 108 Å². The van der Waals surface area contributed by atoms with Gasteiger partial charge in [-0.25, -0.2) is 18.3 Å². The Morgan fingerprint density at radius 1 is 0.245 bits per heavy atom. The maximum absolute atomic E-state index is 10.7. The first-order chi connectivity index (χ1) is 47.5. The van der Waals surface area contributed by atoms with Gasteiger partial charge in [-0.1, -0.05) is 84.9 Å². The van der Waals surface area contributed by atoms with E-state index >= 15 is 0 Å². The molecule has 22 heterocycles. The van der Waals surface area contributed by atoms with Gasteiger partial charge in [0.15, 0.2) is 75.8 Å². The molecule has 0 radical (unpaired) electrons. The average molecular weight is 1610 g/mol. The molecule has 552 valence electrons. The zero-order chi connectivity index (χ0) is 71.0. The number of rotatable bonds is 0. The molecule has 0 fully saturated rings. The van der Waals surface area contributed by atoms with Gasteiger partial charge in [-0.2, -0.15) is 0 Å². The maximum Gasteiger partial charge on any atom is 0.173 e. The summed E-state index contributed by atoms with van der Waals surface area (Å²) in [7, 11) is -21.3. The van der Waals surface area contributed by atoms with Gasteiger partial charge in [0.05, 0.1) is 79.3 Å². The Bertz CT molecular complexity index is 3900. The molecule has 0 atom stereocenters. The normalized spacial score (nSPS) is 16.3. The van der Waals surface area contributed by atoms with E-state index in [1.54, 1.807) is 0 Å². The van der Waals surface area contributed by atoms with E-state index in [1.165, 1.54) is 44.5 Å². The van der Waals surface area contributed by atoms with Crippen LogP contribution in [0.1, 0.15) is 22.3 Å². The number of fused-ring (bicyclic) bond motifs is 25. The van der Waals surface area contributed by atoms with E-state index < -0.39 is 15.6 Å². The maximum atomic E-state index is 9.87. The summed E-state index contributed by atoms with van der Waals surface area (Å²) in [5, 5.41) is 4.03. The Morgan fingerprint density at radius 3 is 0.755 bits per heavy atom. The van der Waals surface area contributed by atoms with E-state index in [-0.39, 0.29) is 34.0 Å². The Morgan fingerprint density at radius 2 is 0.480 bits per heavy atom. The summed E-state index contributed by atoms with van der Waals surface area (Å²) >= 11 is 0. The Hall–Kier alpha value is -7.62. The summed E-state index contributed by atoms with van der Waals surface area (Å²) in [4.78, 5) is 0. The molecule has 28 rings (SSSR count). The van der Waals surface area contributed by atoms with E-state index in [9.17, 15) is 50.4 Å². The van der Waals surface area contributed by atoms with Gasteiger partial charge >= 0.3 is 66.0 Å². The van der Waals surface area contributed by atoms with Crippen LogP contribution in [0.5, 0.6) is 23.0 Å². The van der Waals surface area contributed by atoms with Crippen molar-refractivity contribution in [3.8, 4) is 45.3 Å². The van der Waals surface area contributed by atoms with Crippen molar-refractivity contribution in [1.29, 1.82) is 0 Å². The van der Waals surface area contributed by atoms with Gasteiger partial charge in [-0.15, -0.1) is 0 Å². The number of halogens is 14. The van der Waals surface area contributed by atoms with Crippen LogP contribution in [-0.2, 0) is 54.6 Å². The second kappa shape index (κ2) is 36.2. The van der Waals surface area contributed by atoms with Gasteiger partial charge in [-0.05, 0) is 64.0 Å². The zero-order valence-electron chi connectivity index (χ0n) is 55.0. The van der Waals surface area contributed by atoms with Gasteiger partial charge in [0.1, 0.15) is 49.4 Å². The van der Waals surface area contributed by atoms with Crippen LogP contribution in [0.2, 0.25) is 0 Å². The largest absolute Gasteiger partial charge is 1.00 e. The van der Waals surface area contributed by atoms with E-state index in [4.69, 9.17) is 47.4 Å². The SMILES string of the molecule is F[P-](F)(F)(F)(F)F.F[P-](F)(F)(F)(F)F.[Br-].[Br-].c1cc2c3ccc(cc3c1)OCCOCCOCCOCCOc1cccc3c(cccc13)OCCOCCOCCOCCO2.c1cc2ccc1C[n+]1ccc(cc1)-c1cc[n+](cc1)Cc1ccc(cc1)C[n+]1ccc(cc1)-c1cc[n+](cc1)C2. The quantitative estimate of drug-likeness (QED) is 0.0630. The predicted molar refractivity (Wildman–Crippen MR) is 356 cm³/mol. The fraction of sp³-hybridized carbons (Fsp3) is 0.278. The third-order valence-electron chi connectivity index (χ3n) is 14.8. The molecule has 0 aliphatic carbocycles. The molecule has 102 heavy (non-hydrogen) atoms. The minimum atomic E-state index is -10.7. The van der Waals surface area contributed by atoms with E-state index in [0.29, 0.717) is 106 Å². The van der Waals surface area contributed by atoms with Crippen molar-refractivity contribution in [1.82, 2.24) is 0 Å². The van der Waals surface area contributed by atoms with Crippen molar-refractivity contribution < 1.29 is 150 Å². The van der Waals surface area contributed by atoms with Crippen molar-refractivity contribution in [2.24, 2.45) is 0 Å².